The molecular formula is C12H10BrIN2. The van der Waals surface area contributed by atoms with Crippen LogP contribution in [0.25, 0.3) is 0 Å². The van der Waals surface area contributed by atoms with Crippen molar-refractivity contribution in [3.8, 4) is 0 Å². The molecule has 0 amide bonds. The molecule has 2 aromatic rings. The van der Waals surface area contributed by atoms with Gasteiger partial charge in [0.15, 0.2) is 0 Å². The van der Waals surface area contributed by atoms with E-state index in [1.807, 2.05) is 25.1 Å². The van der Waals surface area contributed by atoms with Gasteiger partial charge in [0.05, 0.1) is 0 Å². The molecule has 0 fully saturated rings. The summed E-state index contributed by atoms with van der Waals surface area (Å²) in [6.07, 6.45) is 1.79. The van der Waals surface area contributed by atoms with Crippen molar-refractivity contribution in [3.63, 3.8) is 0 Å². The zero-order valence-corrected chi connectivity index (χ0v) is 12.4. The molecule has 0 saturated heterocycles. The second kappa shape index (κ2) is 5.14. The van der Waals surface area contributed by atoms with Gasteiger partial charge in [-0.15, -0.1) is 0 Å². The summed E-state index contributed by atoms with van der Waals surface area (Å²) in [5, 5.41) is 3.29. The zero-order chi connectivity index (χ0) is 11.5. The van der Waals surface area contributed by atoms with Crippen LogP contribution in [0.15, 0.2) is 41.0 Å². The van der Waals surface area contributed by atoms with Crippen molar-refractivity contribution in [2.45, 2.75) is 6.92 Å². The number of halogens is 2. The number of aryl methyl sites for hydroxylation is 1. The van der Waals surface area contributed by atoms with Crippen molar-refractivity contribution >= 4 is 50.0 Å². The lowest BCUT2D eigenvalue weighted by molar-refractivity contribution is 1.24. The van der Waals surface area contributed by atoms with E-state index in [-0.39, 0.29) is 0 Å². The van der Waals surface area contributed by atoms with Gasteiger partial charge in [0, 0.05) is 19.9 Å². The number of aromatic nitrogens is 1. The van der Waals surface area contributed by atoms with E-state index in [0.717, 1.165) is 21.5 Å². The van der Waals surface area contributed by atoms with Crippen molar-refractivity contribution < 1.29 is 0 Å². The third-order valence-electron chi connectivity index (χ3n) is 2.15. The first-order valence-electron chi connectivity index (χ1n) is 4.80. The molecule has 1 heterocycles. The maximum Gasteiger partial charge on any atom is 0.133 e. The predicted octanol–water partition coefficient (Wildman–Crippen LogP) is 4.50. The second-order valence-corrected chi connectivity index (χ2v) is 5.61. The average molecular weight is 389 g/mol. The molecule has 0 aliphatic carbocycles. The molecule has 0 bridgehead atoms. The molecule has 2 rings (SSSR count). The summed E-state index contributed by atoms with van der Waals surface area (Å²) >= 11 is 5.69. The molecule has 0 aliphatic rings. The van der Waals surface area contributed by atoms with E-state index in [0.29, 0.717) is 0 Å². The molecule has 16 heavy (non-hydrogen) atoms. The molecule has 4 heteroatoms. The van der Waals surface area contributed by atoms with E-state index in [4.69, 9.17) is 0 Å². The normalized spacial score (nSPS) is 10.2. The van der Waals surface area contributed by atoms with Crippen LogP contribution in [-0.2, 0) is 0 Å². The summed E-state index contributed by atoms with van der Waals surface area (Å²) in [5.74, 6) is 0.893. The van der Waals surface area contributed by atoms with Crippen molar-refractivity contribution in [2.24, 2.45) is 0 Å². The van der Waals surface area contributed by atoms with Crippen LogP contribution in [0.2, 0.25) is 0 Å². The Labute approximate surface area is 117 Å². The summed E-state index contributed by atoms with van der Waals surface area (Å²) < 4.78 is 2.22. The molecule has 1 aromatic carbocycles. The first-order valence-corrected chi connectivity index (χ1v) is 6.67. The third kappa shape index (κ3) is 2.95. The molecule has 1 N–H and O–H groups in total. The summed E-state index contributed by atoms with van der Waals surface area (Å²) in [5.41, 5.74) is 2.17. The van der Waals surface area contributed by atoms with Crippen molar-refractivity contribution in [3.05, 3.63) is 50.1 Å². The highest BCUT2D eigenvalue weighted by molar-refractivity contribution is 14.1. The standard InChI is InChI=1S/C12H10BrIN2/c1-8-6-9(13)7-15-12(8)16-11-4-2-10(14)3-5-11/h2-7H,1H3,(H,15,16). The van der Waals surface area contributed by atoms with E-state index in [1.54, 1.807) is 6.20 Å². The van der Waals surface area contributed by atoms with Gasteiger partial charge in [-0.3, -0.25) is 0 Å². The highest BCUT2D eigenvalue weighted by Gasteiger charge is 2.00. The monoisotopic (exact) mass is 388 g/mol. The average Bonchev–Trinajstić information content (AvgIpc) is 2.25. The Morgan fingerprint density at radius 3 is 2.56 bits per heavy atom. The van der Waals surface area contributed by atoms with Crippen LogP contribution in [-0.4, -0.2) is 4.98 Å². The molecule has 0 unspecified atom stereocenters. The van der Waals surface area contributed by atoms with Gasteiger partial charge < -0.3 is 5.32 Å². The van der Waals surface area contributed by atoms with Crippen LogP contribution >= 0.6 is 38.5 Å². The van der Waals surface area contributed by atoms with Crippen LogP contribution < -0.4 is 5.32 Å². The lowest BCUT2D eigenvalue weighted by Crippen LogP contribution is -1.96. The lowest BCUT2D eigenvalue weighted by Gasteiger charge is -2.08. The van der Waals surface area contributed by atoms with Gasteiger partial charge in [0.1, 0.15) is 5.82 Å². The molecule has 2 nitrogen and oxygen atoms in total. The van der Waals surface area contributed by atoms with Gasteiger partial charge in [0.25, 0.3) is 0 Å². The summed E-state index contributed by atoms with van der Waals surface area (Å²) in [7, 11) is 0. The summed E-state index contributed by atoms with van der Waals surface area (Å²) in [6.45, 7) is 2.03. The van der Waals surface area contributed by atoms with E-state index >= 15 is 0 Å². The maximum absolute atomic E-state index is 4.34. The number of benzene rings is 1. The molecule has 0 aliphatic heterocycles. The van der Waals surface area contributed by atoms with Crippen molar-refractivity contribution in [1.82, 2.24) is 4.98 Å². The van der Waals surface area contributed by atoms with Gasteiger partial charge in [-0.2, -0.15) is 0 Å². The first-order chi connectivity index (χ1) is 7.65. The molecular weight excluding hydrogens is 379 g/mol. The SMILES string of the molecule is Cc1cc(Br)cnc1Nc1ccc(I)cc1. The van der Waals surface area contributed by atoms with Crippen LogP contribution in [0.1, 0.15) is 5.56 Å². The van der Waals surface area contributed by atoms with Gasteiger partial charge >= 0.3 is 0 Å². The van der Waals surface area contributed by atoms with Gasteiger partial charge in [-0.1, -0.05) is 0 Å². The Bertz CT molecular complexity index is 497. The van der Waals surface area contributed by atoms with E-state index in [9.17, 15) is 0 Å². The lowest BCUT2D eigenvalue weighted by atomic mass is 10.2. The second-order valence-electron chi connectivity index (χ2n) is 3.45. The van der Waals surface area contributed by atoms with Crippen molar-refractivity contribution in [1.29, 1.82) is 0 Å². The Morgan fingerprint density at radius 1 is 1.25 bits per heavy atom. The van der Waals surface area contributed by atoms with Gasteiger partial charge in [-0.05, 0) is 81.3 Å². The minimum absolute atomic E-state index is 0.893. The Morgan fingerprint density at radius 2 is 1.94 bits per heavy atom. The Kier molecular flexibility index (Phi) is 3.81. The fourth-order valence-electron chi connectivity index (χ4n) is 1.34. The predicted molar refractivity (Wildman–Crippen MR) is 79.1 cm³/mol. The fourth-order valence-corrected chi connectivity index (χ4v) is 2.15. The summed E-state index contributed by atoms with van der Waals surface area (Å²) in [4.78, 5) is 4.34. The highest BCUT2D eigenvalue weighted by atomic mass is 127. The molecule has 0 saturated carbocycles. The Balaban J connectivity index is 2.23. The maximum atomic E-state index is 4.34. The number of hydrogen-bond acceptors (Lipinski definition) is 2. The van der Waals surface area contributed by atoms with Crippen LogP contribution in [0.3, 0.4) is 0 Å². The minimum Gasteiger partial charge on any atom is -0.340 e. The van der Waals surface area contributed by atoms with Crippen LogP contribution in [0.4, 0.5) is 11.5 Å². The topological polar surface area (TPSA) is 24.9 Å². The number of nitrogens with one attached hydrogen (secondary N) is 1. The number of pyridine rings is 1. The van der Waals surface area contributed by atoms with Gasteiger partial charge in [-0.25, -0.2) is 4.98 Å². The largest absolute Gasteiger partial charge is 0.340 e. The van der Waals surface area contributed by atoms with Crippen LogP contribution in [0.5, 0.6) is 0 Å². The summed E-state index contributed by atoms with van der Waals surface area (Å²) in [6, 6.07) is 10.3. The molecule has 1 aromatic heterocycles. The molecule has 0 radical (unpaired) electrons. The first kappa shape index (κ1) is 11.9. The van der Waals surface area contributed by atoms with E-state index in [1.165, 1.54) is 3.57 Å². The molecule has 82 valence electrons. The van der Waals surface area contributed by atoms with Crippen molar-refractivity contribution in [2.75, 3.05) is 5.32 Å². The third-order valence-corrected chi connectivity index (χ3v) is 3.30. The van der Waals surface area contributed by atoms with E-state index < -0.39 is 0 Å². The highest BCUT2D eigenvalue weighted by Crippen LogP contribution is 2.21. The Hall–Kier alpha value is -0.620. The number of nitrogens with zero attached hydrogens (tertiary/aromatic N) is 1. The number of anilines is 2. The smallest absolute Gasteiger partial charge is 0.133 e. The number of hydrogen-bond donors (Lipinski definition) is 1. The van der Waals surface area contributed by atoms with Crippen LogP contribution in [0, 0.1) is 10.5 Å². The van der Waals surface area contributed by atoms with Gasteiger partial charge in [0.2, 0.25) is 0 Å². The van der Waals surface area contributed by atoms with E-state index in [2.05, 4.69) is 61.0 Å². The zero-order valence-electron chi connectivity index (χ0n) is 8.67. The number of rotatable bonds is 2. The fraction of sp³-hybridized carbons (Fsp3) is 0.0833. The molecule has 0 atom stereocenters. The quantitative estimate of drug-likeness (QED) is 0.766. The minimum atomic E-state index is 0.893. The molecule has 0 spiro atoms.